The molecule has 6 nitrogen and oxygen atoms in total. The van der Waals surface area contributed by atoms with Crippen LogP contribution in [0.3, 0.4) is 0 Å². The predicted molar refractivity (Wildman–Crippen MR) is 72.6 cm³/mol. The molecule has 0 aliphatic rings. The lowest BCUT2D eigenvalue weighted by molar-refractivity contribution is 0.220. The summed E-state index contributed by atoms with van der Waals surface area (Å²) in [5.41, 5.74) is 1.77. The van der Waals surface area contributed by atoms with Crippen molar-refractivity contribution < 1.29 is 9.15 Å². The highest BCUT2D eigenvalue weighted by atomic mass is 16.5. The van der Waals surface area contributed by atoms with Gasteiger partial charge in [-0.1, -0.05) is 0 Å². The molecule has 2 aromatic heterocycles. The summed E-state index contributed by atoms with van der Waals surface area (Å²) in [4.78, 5) is 15.5. The van der Waals surface area contributed by atoms with Crippen molar-refractivity contribution in [2.45, 2.75) is 20.6 Å². The topological polar surface area (TPSA) is 70.2 Å². The molecule has 2 heterocycles. The molecule has 0 saturated heterocycles. The largest absolute Gasteiger partial charge is 0.471 e. The van der Waals surface area contributed by atoms with Crippen LogP contribution in [0, 0.1) is 13.8 Å². The molecule has 0 aliphatic heterocycles. The molecule has 0 unspecified atom stereocenters. The monoisotopic (exact) mass is 271 g/mol. The summed E-state index contributed by atoms with van der Waals surface area (Å²) in [7, 11) is 0. The molecular weight excluding hydrogens is 258 g/mol. The second kappa shape index (κ2) is 4.80. The van der Waals surface area contributed by atoms with Crippen molar-refractivity contribution in [2.24, 2.45) is 0 Å². The van der Waals surface area contributed by atoms with Crippen LogP contribution in [0.15, 0.2) is 40.1 Å². The summed E-state index contributed by atoms with van der Waals surface area (Å²) in [6.07, 6.45) is 3.00. The highest BCUT2D eigenvalue weighted by Crippen LogP contribution is 2.23. The van der Waals surface area contributed by atoms with Crippen molar-refractivity contribution in [1.29, 1.82) is 0 Å². The maximum Gasteiger partial charge on any atom is 0.339 e. The maximum atomic E-state index is 11.7. The SMILES string of the molecule is Cc1c(C)c2ccc(OCn3cncn3)cc2oc1=O. The molecule has 0 radical (unpaired) electrons. The molecule has 3 aromatic rings. The summed E-state index contributed by atoms with van der Waals surface area (Å²) in [5.74, 6) is 0.611. The molecule has 20 heavy (non-hydrogen) atoms. The van der Waals surface area contributed by atoms with E-state index in [1.807, 2.05) is 19.1 Å². The highest BCUT2D eigenvalue weighted by Gasteiger charge is 2.08. The number of ether oxygens (including phenoxy) is 1. The van der Waals surface area contributed by atoms with E-state index in [1.165, 1.54) is 6.33 Å². The van der Waals surface area contributed by atoms with E-state index in [0.29, 0.717) is 16.9 Å². The van der Waals surface area contributed by atoms with E-state index in [0.717, 1.165) is 10.9 Å². The van der Waals surface area contributed by atoms with Crippen molar-refractivity contribution >= 4 is 11.0 Å². The zero-order valence-electron chi connectivity index (χ0n) is 11.2. The third kappa shape index (κ3) is 2.16. The summed E-state index contributed by atoms with van der Waals surface area (Å²) in [6.45, 7) is 3.92. The summed E-state index contributed by atoms with van der Waals surface area (Å²) in [6, 6.07) is 5.43. The van der Waals surface area contributed by atoms with Crippen LogP contribution in [0.25, 0.3) is 11.0 Å². The zero-order chi connectivity index (χ0) is 14.1. The van der Waals surface area contributed by atoms with Gasteiger partial charge in [0.15, 0.2) is 6.73 Å². The number of aromatic nitrogens is 3. The lowest BCUT2D eigenvalue weighted by Gasteiger charge is -2.08. The molecule has 0 amide bonds. The molecule has 0 fully saturated rings. The average Bonchev–Trinajstić information content (AvgIpc) is 2.96. The first-order valence-corrected chi connectivity index (χ1v) is 6.14. The van der Waals surface area contributed by atoms with Crippen LogP contribution in [-0.4, -0.2) is 14.8 Å². The molecular formula is C14H13N3O3. The number of hydrogen-bond acceptors (Lipinski definition) is 5. The van der Waals surface area contributed by atoms with Crippen LogP contribution in [0.2, 0.25) is 0 Å². The Morgan fingerprint density at radius 1 is 1.30 bits per heavy atom. The minimum Gasteiger partial charge on any atom is -0.471 e. The van der Waals surface area contributed by atoms with Crippen LogP contribution in [0.5, 0.6) is 5.75 Å². The molecule has 0 spiro atoms. The van der Waals surface area contributed by atoms with Crippen molar-refractivity contribution in [1.82, 2.24) is 14.8 Å². The number of hydrogen-bond donors (Lipinski definition) is 0. The van der Waals surface area contributed by atoms with Gasteiger partial charge in [-0.15, -0.1) is 0 Å². The first-order chi connectivity index (χ1) is 9.65. The normalized spacial score (nSPS) is 10.9. The molecule has 1 aromatic carbocycles. The van der Waals surface area contributed by atoms with E-state index in [4.69, 9.17) is 9.15 Å². The number of fused-ring (bicyclic) bond motifs is 1. The fraction of sp³-hybridized carbons (Fsp3) is 0.214. The van der Waals surface area contributed by atoms with Gasteiger partial charge in [0.25, 0.3) is 0 Å². The molecule has 0 saturated carbocycles. The van der Waals surface area contributed by atoms with Crippen molar-refractivity contribution in [2.75, 3.05) is 0 Å². The van der Waals surface area contributed by atoms with Gasteiger partial charge in [-0.05, 0) is 31.5 Å². The third-order valence-electron chi connectivity index (χ3n) is 3.26. The van der Waals surface area contributed by atoms with Crippen LogP contribution in [-0.2, 0) is 6.73 Å². The lowest BCUT2D eigenvalue weighted by atomic mass is 10.1. The Morgan fingerprint density at radius 3 is 2.90 bits per heavy atom. The first-order valence-electron chi connectivity index (χ1n) is 6.14. The molecule has 0 aliphatic carbocycles. The third-order valence-corrected chi connectivity index (χ3v) is 3.26. The minimum atomic E-state index is -0.316. The fourth-order valence-electron chi connectivity index (χ4n) is 1.96. The van der Waals surface area contributed by atoms with Crippen LogP contribution < -0.4 is 10.4 Å². The summed E-state index contributed by atoms with van der Waals surface area (Å²) in [5, 5.41) is 4.85. The fourth-order valence-corrected chi connectivity index (χ4v) is 1.96. The quantitative estimate of drug-likeness (QED) is 0.682. The standard InChI is InChI=1S/C14H13N3O3/c1-9-10(2)14(18)20-13-5-11(3-4-12(9)13)19-8-17-7-15-6-16-17/h3-7H,8H2,1-2H3. The minimum absolute atomic E-state index is 0.251. The zero-order valence-corrected chi connectivity index (χ0v) is 11.2. The van der Waals surface area contributed by atoms with Gasteiger partial charge in [-0.2, -0.15) is 5.10 Å². The van der Waals surface area contributed by atoms with Gasteiger partial charge in [0, 0.05) is 17.0 Å². The van der Waals surface area contributed by atoms with Crippen LogP contribution >= 0.6 is 0 Å². The number of nitrogens with zero attached hydrogens (tertiary/aromatic N) is 3. The van der Waals surface area contributed by atoms with Crippen LogP contribution in [0.1, 0.15) is 11.1 Å². The second-order valence-corrected chi connectivity index (χ2v) is 4.51. The van der Waals surface area contributed by atoms with Gasteiger partial charge in [-0.3, -0.25) is 0 Å². The molecule has 0 bridgehead atoms. The number of benzene rings is 1. The van der Waals surface area contributed by atoms with Gasteiger partial charge in [0.1, 0.15) is 24.0 Å². The molecule has 0 atom stereocenters. The van der Waals surface area contributed by atoms with Crippen LogP contribution in [0.4, 0.5) is 0 Å². The Hall–Kier alpha value is -2.63. The number of rotatable bonds is 3. The van der Waals surface area contributed by atoms with Gasteiger partial charge in [0.2, 0.25) is 0 Å². The lowest BCUT2D eigenvalue weighted by Crippen LogP contribution is -2.07. The molecule has 3 rings (SSSR count). The molecule has 0 N–H and O–H groups in total. The second-order valence-electron chi connectivity index (χ2n) is 4.51. The average molecular weight is 271 g/mol. The summed E-state index contributed by atoms with van der Waals surface area (Å²) >= 11 is 0. The molecule has 6 heteroatoms. The maximum absolute atomic E-state index is 11.7. The van der Waals surface area contributed by atoms with Crippen molar-refractivity contribution in [3.8, 4) is 5.75 Å². The smallest absolute Gasteiger partial charge is 0.339 e. The van der Waals surface area contributed by atoms with E-state index in [9.17, 15) is 4.79 Å². The van der Waals surface area contributed by atoms with Gasteiger partial charge >= 0.3 is 5.63 Å². The Kier molecular flexibility index (Phi) is 2.98. The van der Waals surface area contributed by atoms with E-state index in [-0.39, 0.29) is 12.4 Å². The van der Waals surface area contributed by atoms with Gasteiger partial charge < -0.3 is 9.15 Å². The van der Waals surface area contributed by atoms with E-state index >= 15 is 0 Å². The Balaban J connectivity index is 1.94. The highest BCUT2D eigenvalue weighted by molar-refractivity contribution is 5.82. The van der Waals surface area contributed by atoms with Crippen molar-refractivity contribution in [3.05, 3.63) is 52.4 Å². The first kappa shape index (κ1) is 12.4. The van der Waals surface area contributed by atoms with E-state index in [2.05, 4.69) is 10.1 Å². The predicted octanol–water partition coefficient (Wildman–Crippen LogP) is 2.04. The van der Waals surface area contributed by atoms with E-state index in [1.54, 1.807) is 24.0 Å². The Morgan fingerprint density at radius 2 is 2.15 bits per heavy atom. The summed E-state index contributed by atoms with van der Waals surface area (Å²) < 4.78 is 12.4. The Bertz CT molecular complexity index is 806. The van der Waals surface area contributed by atoms with Gasteiger partial charge in [0.05, 0.1) is 0 Å². The van der Waals surface area contributed by atoms with E-state index < -0.39 is 0 Å². The Labute approximate surface area is 114 Å². The number of aryl methyl sites for hydroxylation is 1. The van der Waals surface area contributed by atoms with Gasteiger partial charge in [-0.25, -0.2) is 14.5 Å². The van der Waals surface area contributed by atoms with Crippen molar-refractivity contribution in [3.63, 3.8) is 0 Å². The molecule has 102 valence electrons.